The normalized spacial score (nSPS) is 16.6. The number of hydrogen-bond donors (Lipinski definition) is 1. The summed E-state index contributed by atoms with van der Waals surface area (Å²) in [5, 5.41) is 0.576. The van der Waals surface area contributed by atoms with Crippen LogP contribution in [0.3, 0.4) is 0 Å². The summed E-state index contributed by atoms with van der Waals surface area (Å²) in [7, 11) is 0. The molecule has 3 aromatic rings. The van der Waals surface area contributed by atoms with E-state index in [1.807, 2.05) is 31.2 Å². The molecule has 1 aliphatic heterocycles. The van der Waals surface area contributed by atoms with Crippen molar-refractivity contribution in [3.05, 3.63) is 76.1 Å². The van der Waals surface area contributed by atoms with E-state index in [4.69, 9.17) is 4.74 Å². The largest absolute Gasteiger partial charge is 0.449 e. The molecule has 1 aliphatic rings. The number of pyridine rings is 1. The van der Waals surface area contributed by atoms with Crippen molar-refractivity contribution in [2.24, 2.45) is 0 Å². The number of hydrogen-bond acceptors (Lipinski definition) is 4. The monoisotopic (exact) mass is 376 g/mol. The van der Waals surface area contributed by atoms with Crippen molar-refractivity contribution in [1.82, 2.24) is 4.98 Å². The van der Waals surface area contributed by atoms with Crippen LogP contribution < -0.4 is 10.5 Å². The molecule has 0 unspecified atom stereocenters. The van der Waals surface area contributed by atoms with Crippen molar-refractivity contribution in [2.45, 2.75) is 32.4 Å². The standard InChI is InChI=1S/C22H20N2O4/c1-13-11-15-7-3-6-10-19(15)24(13)21(26)14(2)28-22(27)17-12-20(25)23-18-9-5-4-8-16(17)18/h3-10,12-14H,11H2,1-2H3,(H,23,25)/t13-,14+/m0/s1. The van der Waals surface area contributed by atoms with Crippen LogP contribution in [0.4, 0.5) is 5.69 Å². The first kappa shape index (κ1) is 18.0. The highest BCUT2D eigenvalue weighted by atomic mass is 16.5. The molecule has 1 amide bonds. The first-order valence-corrected chi connectivity index (χ1v) is 9.19. The number of para-hydroxylation sites is 2. The van der Waals surface area contributed by atoms with E-state index in [1.54, 1.807) is 36.1 Å². The maximum absolute atomic E-state index is 13.0. The number of benzene rings is 2. The Morgan fingerprint density at radius 3 is 2.68 bits per heavy atom. The van der Waals surface area contributed by atoms with Crippen LogP contribution in [0.5, 0.6) is 0 Å². The van der Waals surface area contributed by atoms with Crippen LogP contribution in [-0.4, -0.2) is 29.0 Å². The summed E-state index contributed by atoms with van der Waals surface area (Å²) in [5.74, 6) is -0.969. The van der Waals surface area contributed by atoms with E-state index in [2.05, 4.69) is 4.98 Å². The van der Waals surface area contributed by atoms with Crippen LogP contribution in [0, 0.1) is 0 Å². The zero-order valence-electron chi connectivity index (χ0n) is 15.6. The molecule has 0 radical (unpaired) electrons. The van der Waals surface area contributed by atoms with Crippen molar-refractivity contribution in [3.8, 4) is 0 Å². The molecule has 142 valence electrons. The van der Waals surface area contributed by atoms with Gasteiger partial charge in [0.2, 0.25) is 5.56 Å². The third kappa shape index (κ3) is 3.07. The Hall–Kier alpha value is -3.41. The third-order valence-electron chi connectivity index (χ3n) is 5.05. The summed E-state index contributed by atoms with van der Waals surface area (Å²) < 4.78 is 5.45. The zero-order chi connectivity index (χ0) is 19.8. The summed E-state index contributed by atoms with van der Waals surface area (Å²) >= 11 is 0. The maximum atomic E-state index is 13.0. The molecule has 0 saturated carbocycles. The Balaban J connectivity index is 1.59. The molecule has 6 heteroatoms. The average molecular weight is 376 g/mol. The fraction of sp³-hybridized carbons (Fsp3) is 0.227. The Morgan fingerprint density at radius 1 is 1.14 bits per heavy atom. The number of carbonyl (C=O) groups excluding carboxylic acids is 2. The number of amides is 1. The fourth-order valence-electron chi connectivity index (χ4n) is 3.75. The van der Waals surface area contributed by atoms with Gasteiger partial charge in [0.1, 0.15) is 0 Å². The number of esters is 1. The summed E-state index contributed by atoms with van der Waals surface area (Å²) in [6.45, 7) is 3.53. The molecule has 1 N–H and O–H groups in total. The van der Waals surface area contributed by atoms with Gasteiger partial charge in [0.15, 0.2) is 6.10 Å². The van der Waals surface area contributed by atoms with Gasteiger partial charge in [-0.3, -0.25) is 9.59 Å². The quantitative estimate of drug-likeness (QED) is 0.713. The van der Waals surface area contributed by atoms with Gasteiger partial charge < -0.3 is 14.6 Å². The second kappa shape index (κ2) is 6.96. The lowest BCUT2D eigenvalue weighted by Gasteiger charge is -2.26. The van der Waals surface area contributed by atoms with Crippen LogP contribution in [0.1, 0.15) is 29.8 Å². The Morgan fingerprint density at radius 2 is 1.86 bits per heavy atom. The second-order valence-corrected chi connectivity index (χ2v) is 7.03. The lowest BCUT2D eigenvalue weighted by atomic mass is 10.1. The second-order valence-electron chi connectivity index (χ2n) is 7.03. The molecule has 0 fully saturated rings. The predicted octanol–water partition coefficient (Wildman–Crippen LogP) is 3.05. The molecule has 0 aliphatic carbocycles. The zero-order valence-corrected chi connectivity index (χ0v) is 15.6. The third-order valence-corrected chi connectivity index (χ3v) is 5.05. The number of rotatable bonds is 3. The number of carbonyl (C=O) groups is 2. The van der Waals surface area contributed by atoms with Crippen molar-refractivity contribution >= 4 is 28.5 Å². The van der Waals surface area contributed by atoms with Crippen molar-refractivity contribution < 1.29 is 14.3 Å². The number of H-pyrrole nitrogens is 1. The highest BCUT2D eigenvalue weighted by molar-refractivity contribution is 6.05. The number of fused-ring (bicyclic) bond motifs is 2. The lowest BCUT2D eigenvalue weighted by molar-refractivity contribution is -0.126. The van der Waals surface area contributed by atoms with Gasteiger partial charge in [-0.05, 0) is 38.0 Å². The summed E-state index contributed by atoms with van der Waals surface area (Å²) in [5.41, 5.74) is 2.25. The minimum atomic E-state index is -0.973. The number of aromatic nitrogens is 1. The fourth-order valence-corrected chi connectivity index (χ4v) is 3.75. The van der Waals surface area contributed by atoms with Crippen molar-refractivity contribution in [1.29, 1.82) is 0 Å². The summed E-state index contributed by atoms with van der Waals surface area (Å²) in [6.07, 6.45) is -0.208. The minimum absolute atomic E-state index is 0.00791. The molecule has 6 nitrogen and oxygen atoms in total. The lowest BCUT2D eigenvalue weighted by Crippen LogP contribution is -2.43. The van der Waals surface area contributed by atoms with Crippen LogP contribution in [-0.2, 0) is 16.0 Å². The van der Waals surface area contributed by atoms with Gasteiger partial charge in [0, 0.05) is 28.7 Å². The first-order chi connectivity index (χ1) is 13.5. The molecule has 28 heavy (non-hydrogen) atoms. The van der Waals surface area contributed by atoms with E-state index >= 15 is 0 Å². The molecular formula is C22H20N2O4. The van der Waals surface area contributed by atoms with E-state index in [0.717, 1.165) is 17.7 Å². The highest BCUT2D eigenvalue weighted by Gasteiger charge is 2.34. The molecule has 1 aromatic heterocycles. The van der Waals surface area contributed by atoms with Crippen LogP contribution in [0.25, 0.3) is 10.9 Å². The minimum Gasteiger partial charge on any atom is -0.449 e. The highest BCUT2D eigenvalue weighted by Crippen LogP contribution is 2.32. The predicted molar refractivity (Wildman–Crippen MR) is 107 cm³/mol. The molecule has 2 atom stereocenters. The van der Waals surface area contributed by atoms with Gasteiger partial charge >= 0.3 is 5.97 Å². The molecular weight excluding hydrogens is 356 g/mol. The van der Waals surface area contributed by atoms with Gasteiger partial charge in [0.25, 0.3) is 5.91 Å². The molecule has 0 bridgehead atoms. The van der Waals surface area contributed by atoms with Gasteiger partial charge in [-0.15, -0.1) is 0 Å². The number of nitrogens with zero attached hydrogens (tertiary/aromatic N) is 1. The first-order valence-electron chi connectivity index (χ1n) is 9.19. The van der Waals surface area contributed by atoms with Gasteiger partial charge in [-0.2, -0.15) is 0 Å². The number of ether oxygens (including phenoxy) is 1. The molecule has 0 saturated heterocycles. The maximum Gasteiger partial charge on any atom is 0.339 e. The van der Waals surface area contributed by atoms with Crippen LogP contribution in [0.2, 0.25) is 0 Å². The number of nitrogens with one attached hydrogen (secondary N) is 1. The van der Waals surface area contributed by atoms with Gasteiger partial charge in [-0.1, -0.05) is 36.4 Å². The van der Waals surface area contributed by atoms with Gasteiger partial charge in [0.05, 0.1) is 5.56 Å². The SMILES string of the molecule is C[C@@H](OC(=O)c1cc(=O)[nH]c2ccccc12)C(=O)N1c2ccccc2C[C@@H]1C. The van der Waals surface area contributed by atoms with E-state index in [1.165, 1.54) is 6.07 Å². The van der Waals surface area contributed by atoms with E-state index in [-0.39, 0.29) is 17.5 Å². The van der Waals surface area contributed by atoms with Crippen LogP contribution >= 0.6 is 0 Å². The molecule has 2 heterocycles. The number of aromatic amines is 1. The average Bonchev–Trinajstić information content (AvgIpc) is 3.02. The molecule has 4 rings (SSSR count). The Labute approximate surface area is 161 Å². The van der Waals surface area contributed by atoms with Crippen molar-refractivity contribution in [2.75, 3.05) is 4.90 Å². The summed E-state index contributed by atoms with van der Waals surface area (Å²) in [4.78, 5) is 42.0. The van der Waals surface area contributed by atoms with Gasteiger partial charge in [-0.25, -0.2) is 4.79 Å². The summed E-state index contributed by atoms with van der Waals surface area (Å²) in [6, 6.07) is 15.9. The number of anilines is 1. The van der Waals surface area contributed by atoms with E-state index in [9.17, 15) is 14.4 Å². The smallest absolute Gasteiger partial charge is 0.339 e. The molecule has 0 spiro atoms. The van der Waals surface area contributed by atoms with Crippen molar-refractivity contribution in [3.63, 3.8) is 0 Å². The van der Waals surface area contributed by atoms with Crippen LogP contribution in [0.15, 0.2) is 59.4 Å². The van der Waals surface area contributed by atoms with E-state index < -0.39 is 17.6 Å². The Bertz CT molecular complexity index is 1130. The topological polar surface area (TPSA) is 79.5 Å². The Kier molecular flexibility index (Phi) is 4.47. The van der Waals surface area contributed by atoms with E-state index in [0.29, 0.717) is 10.9 Å². The molecule has 2 aromatic carbocycles.